The SMILES string of the molecule is COc1cc2c(c(OC)c1OC)-c1c(cc(OC)c(OC)c1OC)C(OC(C)=O)C2OC(C)=O. The first kappa shape index (κ1) is 24.8. The number of hydrogen-bond donors (Lipinski definition) is 0. The summed E-state index contributed by atoms with van der Waals surface area (Å²) in [5, 5.41) is 0. The van der Waals surface area contributed by atoms with Crippen LogP contribution in [-0.4, -0.2) is 54.6 Å². The second kappa shape index (κ2) is 9.98. The average Bonchev–Trinajstić information content (AvgIpc) is 2.82. The minimum atomic E-state index is -1.03. The van der Waals surface area contributed by atoms with Gasteiger partial charge in [0.1, 0.15) is 0 Å². The molecule has 1 aliphatic rings. The van der Waals surface area contributed by atoms with Crippen molar-refractivity contribution in [3.63, 3.8) is 0 Å². The van der Waals surface area contributed by atoms with Crippen LogP contribution in [0.4, 0.5) is 0 Å². The summed E-state index contributed by atoms with van der Waals surface area (Å²) in [7, 11) is 8.85. The van der Waals surface area contributed by atoms with Gasteiger partial charge >= 0.3 is 11.9 Å². The van der Waals surface area contributed by atoms with Gasteiger partial charge in [-0.3, -0.25) is 9.59 Å². The molecule has 34 heavy (non-hydrogen) atoms. The number of ether oxygens (including phenoxy) is 8. The summed E-state index contributed by atoms with van der Waals surface area (Å²) >= 11 is 0. The number of esters is 2. The summed E-state index contributed by atoms with van der Waals surface area (Å²) in [5.41, 5.74) is 1.94. The van der Waals surface area contributed by atoms with Crippen molar-refractivity contribution in [3.05, 3.63) is 23.3 Å². The average molecular weight is 476 g/mol. The van der Waals surface area contributed by atoms with Crippen LogP contribution in [0.2, 0.25) is 0 Å². The highest BCUT2D eigenvalue weighted by Crippen LogP contribution is 2.61. The Morgan fingerprint density at radius 2 is 0.882 bits per heavy atom. The monoisotopic (exact) mass is 476 g/mol. The fraction of sp³-hybridized carbons (Fsp3) is 0.417. The molecular weight excluding hydrogens is 448 g/mol. The fourth-order valence-electron chi connectivity index (χ4n) is 4.25. The Balaban J connectivity index is 2.57. The van der Waals surface area contributed by atoms with Crippen LogP contribution in [0.3, 0.4) is 0 Å². The van der Waals surface area contributed by atoms with Crippen LogP contribution >= 0.6 is 0 Å². The molecule has 0 saturated carbocycles. The molecule has 2 unspecified atom stereocenters. The lowest BCUT2D eigenvalue weighted by Gasteiger charge is -2.36. The van der Waals surface area contributed by atoms with E-state index in [-0.39, 0.29) is 0 Å². The molecule has 184 valence electrons. The predicted molar refractivity (Wildman–Crippen MR) is 120 cm³/mol. The zero-order valence-electron chi connectivity index (χ0n) is 20.4. The molecule has 0 bridgehead atoms. The van der Waals surface area contributed by atoms with Gasteiger partial charge in [-0.2, -0.15) is 0 Å². The lowest BCUT2D eigenvalue weighted by Crippen LogP contribution is -2.26. The molecule has 2 atom stereocenters. The van der Waals surface area contributed by atoms with E-state index in [1.165, 1.54) is 56.5 Å². The molecule has 0 saturated heterocycles. The maximum Gasteiger partial charge on any atom is 0.303 e. The van der Waals surface area contributed by atoms with Gasteiger partial charge in [-0.25, -0.2) is 0 Å². The highest BCUT2D eigenvalue weighted by Gasteiger charge is 2.44. The van der Waals surface area contributed by atoms with Crippen LogP contribution in [0.15, 0.2) is 12.1 Å². The van der Waals surface area contributed by atoms with E-state index < -0.39 is 24.1 Å². The van der Waals surface area contributed by atoms with Crippen LogP contribution in [0.5, 0.6) is 34.5 Å². The van der Waals surface area contributed by atoms with Crippen molar-refractivity contribution >= 4 is 11.9 Å². The van der Waals surface area contributed by atoms with Gasteiger partial charge in [-0.1, -0.05) is 0 Å². The Kier molecular flexibility index (Phi) is 7.29. The molecule has 1 aliphatic carbocycles. The number of hydrogen-bond acceptors (Lipinski definition) is 10. The molecule has 10 nitrogen and oxygen atoms in total. The molecule has 2 aromatic rings. The van der Waals surface area contributed by atoms with Gasteiger partial charge < -0.3 is 37.9 Å². The van der Waals surface area contributed by atoms with Gasteiger partial charge in [-0.05, 0) is 12.1 Å². The number of rotatable bonds is 8. The van der Waals surface area contributed by atoms with Crippen molar-refractivity contribution in [1.29, 1.82) is 0 Å². The van der Waals surface area contributed by atoms with E-state index in [0.29, 0.717) is 56.8 Å². The summed E-state index contributed by atoms with van der Waals surface area (Å²) in [6.45, 7) is 2.54. The first-order valence-corrected chi connectivity index (χ1v) is 10.3. The fourth-order valence-corrected chi connectivity index (χ4v) is 4.25. The van der Waals surface area contributed by atoms with E-state index in [1.54, 1.807) is 12.1 Å². The second-order valence-corrected chi connectivity index (χ2v) is 7.28. The Hall–Kier alpha value is -3.82. The van der Waals surface area contributed by atoms with Gasteiger partial charge in [0.15, 0.2) is 35.2 Å². The van der Waals surface area contributed by atoms with Crippen LogP contribution in [0.1, 0.15) is 37.2 Å². The lowest BCUT2D eigenvalue weighted by atomic mass is 9.79. The summed E-state index contributed by atoms with van der Waals surface area (Å²) in [5.74, 6) is 0.775. The van der Waals surface area contributed by atoms with Crippen molar-refractivity contribution < 1.29 is 47.5 Å². The van der Waals surface area contributed by atoms with Crippen molar-refractivity contribution in [2.45, 2.75) is 26.1 Å². The zero-order valence-corrected chi connectivity index (χ0v) is 20.4. The molecule has 0 heterocycles. The van der Waals surface area contributed by atoms with Crippen LogP contribution < -0.4 is 28.4 Å². The van der Waals surface area contributed by atoms with Crippen LogP contribution in [0, 0.1) is 0 Å². The molecule has 3 rings (SSSR count). The predicted octanol–water partition coefficient (Wildman–Crippen LogP) is 3.63. The largest absolute Gasteiger partial charge is 0.493 e. The summed E-state index contributed by atoms with van der Waals surface area (Å²) in [4.78, 5) is 24.2. The third-order valence-electron chi connectivity index (χ3n) is 5.44. The summed E-state index contributed by atoms with van der Waals surface area (Å²) in [6, 6.07) is 3.31. The lowest BCUT2D eigenvalue weighted by molar-refractivity contribution is -0.167. The molecule has 0 amide bonds. The number of benzene rings is 2. The first-order chi connectivity index (χ1) is 16.3. The second-order valence-electron chi connectivity index (χ2n) is 7.28. The molecule has 10 heteroatoms. The molecule has 2 aromatic carbocycles. The third kappa shape index (κ3) is 4.00. The number of methoxy groups -OCH3 is 6. The van der Waals surface area contributed by atoms with E-state index >= 15 is 0 Å². The molecule has 0 spiro atoms. The van der Waals surface area contributed by atoms with Crippen LogP contribution in [0.25, 0.3) is 11.1 Å². The van der Waals surface area contributed by atoms with Gasteiger partial charge in [-0.15, -0.1) is 0 Å². The van der Waals surface area contributed by atoms with E-state index in [2.05, 4.69) is 0 Å². The number of carbonyl (C=O) groups excluding carboxylic acids is 2. The minimum absolute atomic E-state index is 0.307. The van der Waals surface area contributed by atoms with Gasteiger partial charge in [0.25, 0.3) is 0 Å². The van der Waals surface area contributed by atoms with Crippen LogP contribution in [-0.2, 0) is 19.1 Å². The Morgan fingerprint density at radius 3 is 1.12 bits per heavy atom. The van der Waals surface area contributed by atoms with Crippen molar-refractivity contribution in [3.8, 4) is 45.6 Å². The zero-order chi connectivity index (χ0) is 25.2. The number of carbonyl (C=O) groups is 2. The quantitative estimate of drug-likeness (QED) is 0.524. The maximum absolute atomic E-state index is 12.1. The highest BCUT2D eigenvalue weighted by molar-refractivity contribution is 5.91. The topological polar surface area (TPSA) is 108 Å². The standard InChI is InChI=1S/C24H28O10/c1-11(25)33-19-13-9-15(27-3)21(29-5)23(31-7)17(13)18-14(20(19)34-12(2)26)10-16(28-4)22(30-6)24(18)32-8/h9-10,19-20H,1-8H3. The Bertz CT molecular complexity index is 1020. The van der Waals surface area contributed by atoms with E-state index in [4.69, 9.17) is 37.9 Å². The van der Waals surface area contributed by atoms with Gasteiger partial charge in [0.05, 0.1) is 42.7 Å². The molecule has 0 aromatic heterocycles. The first-order valence-electron chi connectivity index (χ1n) is 10.3. The Labute approximate surface area is 197 Å². The van der Waals surface area contributed by atoms with Gasteiger partial charge in [0, 0.05) is 36.1 Å². The van der Waals surface area contributed by atoms with E-state index in [1.807, 2.05) is 0 Å². The molecule has 0 fully saturated rings. The molecular formula is C24H28O10. The maximum atomic E-state index is 12.1. The van der Waals surface area contributed by atoms with Crippen molar-refractivity contribution in [2.75, 3.05) is 42.7 Å². The molecule has 0 radical (unpaired) electrons. The van der Waals surface area contributed by atoms with E-state index in [9.17, 15) is 9.59 Å². The normalized spacial score (nSPS) is 15.9. The van der Waals surface area contributed by atoms with Gasteiger partial charge in [0.2, 0.25) is 11.5 Å². The smallest absolute Gasteiger partial charge is 0.303 e. The summed E-state index contributed by atoms with van der Waals surface area (Å²) in [6.07, 6.45) is -2.05. The molecule has 0 aliphatic heterocycles. The van der Waals surface area contributed by atoms with Crippen molar-refractivity contribution in [1.82, 2.24) is 0 Å². The van der Waals surface area contributed by atoms with Crippen molar-refractivity contribution in [2.24, 2.45) is 0 Å². The summed E-state index contributed by atoms with van der Waals surface area (Å²) < 4.78 is 45.1. The number of fused-ring (bicyclic) bond motifs is 3. The molecule has 0 N–H and O–H groups in total. The van der Waals surface area contributed by atoms with E-state index in [0.717, 1.165) is 0 Å². The Morgan fingerprint density at radius 1 is 0.559 bits per heavy atom. The highest BCUT2D eigenvalue weighted by atomic mass is 16.6. The third-order valence-corrected chi connectivity index (χ3v) is 5.44. The minimum Gasteiger partial charge on any atom is -0.493 e.